The number of morpholine rings is 1. The van der Waals surface area contributed by atoms with Crippen molar-refractivity contribution in [2.24, 2.45) is 16.8 Å². The zero-order chi connectivity index (χ0) is 15.7. The maximum absolute atomic E-state index is 5.47. The molecule has 0 aliphatic carbocycles. The maximum atomic E-state index is 5.47. The number of guanidine groups is 1. The number of nitrogens with zero attached hydrogens (tertiary/aromatic N) is 2. The SMILES string of the molecule is CN=C(NCC(C)C)NCC(CC(C)C)N1CCOCC1. The lowest BCUT2D eigenvalue weighted by molar-refractivity contribution is 0.0132. The summed E-state index contributed by atoms with van der Waals surface area (Å²) in [6, 6.07) is 0.548. The van der Waals surface area contributed by atoms with Crippen LogP contribution >= 0.6 is 0 Å². The molecule has 124 valence electrons. The fourth-order valence-corrected chi connectivity index (χ4v) is 2.58. The van der Waals surface area contributed by atoms with E-state index in [2.05, 4.69) is 48.2 Å². The first-order valence-corrected chi connectivity index (χ1v) is 8.29. The summed E-state index contributed by atoms with van der Waals surface area (Å²) < 4.78 is 5.47. The van der Waals surface area contributed by atoms with Gasteiger partial charge in [-0.2, -0.15) is 0 Å². The minimum Gasteiger partial charge on any atom is -0.379 e. The number of ether oxygens (including phenoxy) is 1. The van der Waals surface area contributed by atoms with Crippen molar-refractivity contribution in [2.75, 3.05) is 46.4 Å². The van der Waals surface area contributed by atoms with E-state index in [-0.39, 0.29) is 0 Å². The van der Waals surface area contributed by atoms with Gasteiger partial charge in [-0.25, -0.2) is 0 Å². The molecule has 0 aromatic heterocycles. The number of rotatable bonds is 7. The normalized spacial score (nSPS) is 19.1. The molecule has 21 heavy (non-hydrogen) atoms. The predicted molar refractivity (Wildman–Crippen MR) is 89.8 cm³/mol. The highest BCUT2D eigenvalue weighted by Crippen LogP contribution is 2.12. The Labute approximate surface area is 130 Å². The summed E-state index contributed by atoms with van der Waals surface area (Å²) in [6.07, 6.45) is 1.20. The van der Waals surface area contributed by atoms with Crippen molar-refractivity contribution in [3.63, 3.8) is 0 Å². The van der Waals surface area contributed by atoms with E-state index >= 15 is 0 Å². The Morgan fingerprint density at radius 2 is 1.67 bits per heavy atom. The molecule has 1 saturated heterocycles. The van der Waals surface area contributed by atoms with Crippen molar-refractivity contribution in [3.05, 3.63) is 0 Å². The Kier molecular flexibility index (Phi) is 8.69. The molecule has 0 aromatic carbocycles. The zero-order valence-electron chi connectivity index (χ0n) is 14.5. The molecule has 0 amide bonds. The van der Waals surface area contributed by atoms with Gasteiger partial charge in [-0.3, -0.25) is 9.89 Å². The first-order chi connectivity index (χ1) is 10.0. The van der Waals surface area contributed by atoms with Crippen LogP contribution in [0.4, 0.5) is 0 Å². The van der Waals surface area contributed by atoms with Gasteiger partial charge in [-0.15, -0.1) is 0 Å². The van der Waals surface area contributed by atoms with Crippen molar-refractivity contribution < 1.29 is 4.74 Å². The topological polar surface area (TPSA) is 48.9 Å². The van der Waals surface area contributed by atoms with E-state index < -0.39 is 0 Å². The summed E-state index contributed by atoms with van der Waals surface area (Å²) in [5, 5.41) is 6.86. The fourth-order valence-electron chi connectivity index (χ4n) is 2.58. The lowest BCUT2D eigenvalue weighted by Crippen LogP contribution is -2.51. The Bertz CT molecular complexity index is 299. The largest absolute Gasteiger partial charge is 0.379 e. The number of aliphatic imine (C=N–C) groups is 1. The van der Waals surface area contributed by atoms with E-state index in [9.17, 15) is 0 Å². The first kappa shape index (κ1) is 18.2. The van der Waals surface area contributed by atoms with Gasteiger partial charge < -0.3 is 15.4 Å². The van der Waals surface area contributed by atoms with Crippen LogP contribution in [0.3, 0.4) is 0 Å². The Balaban J connectivity index is 2.47. The lowest BCUT2D eigenvalue weighted by atomic mass is 10.0. The highest BCUT2D eigenvalue weighted by molar-refractivity contribution is 5.79. The van der Waals surface area contributed by atoms with Crippen LogP contribution < -0.4 is 10.6 Å². The standard InChI is InChI=1S/C16H34N4O/c1-13(2)10-15(20-6-8-21-9-7-20)12-19-16(17-5)18-11-14(3)4/h13-15H,6-12H2,1-5H3,(H2,17,18,19). The van der Waals surface area contributed by atoms with Gasteiger partial charge in [-0.1, -0.05) is 27.7 Å². The molecule has 5 nitrogen and oxygen atoms in total. The molecule has 0 saturated carbocycles. The van der Waals surface area contributed by atoms with Crippen molar-refractivity contribution >= 4 is 5.96 Å². The molecule has 1 aliphatic rings. The second-order valence-corrected chi connectivity index (χ2v) is 6.66. The van der Waals surface area contributed by atoms with Gasteiger partial charge >= 0.3 is 0 Å². The summed E-state index contributed by atoms with van der Waals surface area (Å²) in [5.41, 5.74) is 0. The number of nitrogens with one attached hydrogen (secondary N) is 2. The second kappa shape index (κ2) is 10.0. The van der Waals surface area contributed by atoms with Crippen molar-refractivity contribution in [1.29, 1.82) is 0 Å². The lowest BCUT2D eigenvalue weighted by Gasteiger charge is -2.35. The van der Waals surface area contributed by atoms with Gasteiger partial charge in [0.05, 0.1) is 13.2 Å². The smallest absolute Gasteiger partial charge is 0.191 e. The van der Waals surface area contributed by atoms with Crippen LogP contribution in [0.25, 0.3) is 0 Å². The Morgan fingerprint density at radius 3 is 2.19 bits per heavy atom. The van der Waals surface area contributed by atoms with Gasteiger partial charge in [-0.05, 0) is 18.3 Å². The molecule has 1 atom stereocenters. The molecular weight excluding hydrogens is 264 g/mol. The van der Waals surface area contributed by atoms with Gasteiger partial charge in [0, 0.05) is 39.3 Å². The average Bonchev–Trinajstić information content (AvgIpc) is 2.46. The monoisotopic (exact) mass is 298 g/mol. The first-order valence-electron chi connectivity index (χ1n) is 8.29. The third-order valence-electron chi connectivity index (χ3n) is 3.71. The summed E-state index contributed by atoms with van der Waals surface area (Å²) in [4.78, 5) is 6.86. The predicted octanol–water partition coefficient (Wildman–Crippen LogP) is 1.55. The van der Waals surface area contributed by atoms with Gasteiger partial charge in [0.2, 0.25) is 0 Å². The van der Waals surface area contributed by atoms with Crippen LogP contribution in [-0.2, 0) is 4.74 Å². The second-order valence-electron chi connectivity index (χ2n) is 6.66. The molecule has 0 aromatic rings. The molecule has 1 heterocycles. The summed E-state index contributed by atoms with van der Waals surface area (Å²) in [5.74, 6) is 2.23. The Morgan fingerprint density at radius 1 is 1.05 bits per heavy atom. The van der Waals surface area contributed by atoms with Crippen LogP contribution in [0.2, 0.25) is 0 Å². The van der Waals surface area contributed by atoms with Crippen LogP contribution in [0, 0.1) is 11.8 Å². The third-order valence-corrected chi connectivity index (χ3v) is 3.71. The molecule has 0 bridgehead atoms. The van der Waals surface area contributed by atoms with Crippen molar-refractivity contribution in [3.8, 4) is 0 Å². The zero-order valence-corrected chi connectivity index (χ0v) is 14.5. The number of hydrogen-bond acceptors (Lipinski definition) is 3. The van der Waals surface area contributed by atoms with Gasteiger partial charge in [0.15, 0.2) is 5.96 Å². The molecular formula is C16H34N4O. The molecule has 0 radical (unpaired) electrons. The molecule has 2 N–H and O–H groups in total. The quantitative estimate of drug-likeness (QED) is 0.553. The van der Waals surface area contributed by atoms with E-state index in [1.54, 1.807) is 0 Å². The molecule has 1 aliphatic heterocycles. The fraction of sp³-hybridized carbons (Fsp3) is 0.938. The van der Waals surface area contributed by atoms with E-state index in [1.165, 1.54) is 6.42 Å². The molecule has 5 heteroatoms. The number of hydrogen-bond donors (Lipinski definition) is 2. The van der Waals surface area contributed by atoms with Crippen LogP contribution in [-0.4, -0.2) is 63.3 Å². The van der Waals surface area contributed by atoms with Crippen LogP contribution in [0.1, 0.15) is 34.1 Å². The molecule has 1 rings (SSSR count). The third kappa shape index (κ3) is 7.67. The van der Waals surface area contributed by atoms with Crippen molar-refractivity contribution in [1.82, 2.24) is 15.5 Å². The minimum atomic E-state index is 0.548. The highest BCUT2D eigenvalue weighted by atomic mass is 16.5. The van der Waals surface area contributed by atoms with Gasteiger partial charge in [0.1, 0.15) is 0 Å². The van der Waals surface area contributed by atoms with Crippen LogP contribution in [0.15, 0.2) is 4.99 Å². The average molecular weight is 298 g/mol. The molecule has 1 unspecified atom stereocenters. The van der Waals surface area contributed by atoms with Crippen LogP contribution in [0.5, 0.6) is 0 Å². The highest BCUT2D eigenvalue weighted by Gasteiger charge is 2.22. The van der Waals surface area contributed by atoms with Crippen molar-refractivity contribution in [2.45, 2.75) is 40.2 Å². The minimum absolute atomic E-state index is 0.548. The summed E-state index contributed by atoms with van der Waals surface area (Å²) in [6.45, 7) is 14.7. The molecule has 1 fully saturated rings. The van der Waals surface area contributed by atoms with E-state index in [0.29, 0.717) is 17.9 Å². The van der Waals surface area contributed by atoms with Gasteiger partial charge in [0.25, 0.3) is 0 Å². The molecule has 0 spiro atoms. The Hall–Kier alpha value is -0.810. The summed E-state index contributed by atoms with van der Waals surface area (Å²) in [7, 11) is 1.84. The maximum Gasteiger partial charge on any atom is 0.191 e. The van der Waals surface area contributed by atoms with E-state index in [1.807, 2.05) is 7.05 Å². The summed E-state index contributed by atoms with van der Waals surface area (Å²) >= 11 is 0. The van der Waals surface area contributed by atoms with E-state index in [4.69, 9.17) is 4.74 Å². The van der Waals surface area contributed by atoms with E-state index in [0.717, 1.165) is 45.4 Å².